The molecule has 0 N–H and O–H groups in total. The van der Waals surface area contributed by atoms with E-state index in [0.29, 0.717) is 11.1 Å². The molecule has 0 aliphatic rings. The molecule has 1 nitrogen and oxygen atoms in total. The van der Waals surface area contributed by atoms with Crippen LogP contribution in [0.5, 0.6) is 0 Å². The first-order chi connectivity index (χ1) is 6.98. The van der Waals surface area contributed by atoms with Crippen LogP contribution in [0.2, 0.25) is 11.1 Å². The van der Waals surface area contributed by atoms with Crippen molar-refractivity contribution >= 4 is 18.6 Å². The number of nitrogens with zero attached hydrogens (tertiary/aromatic N) is 1. The van der Waals surface area contributed by atoms with Gasteiger partial charge in [-0.05, 0) is 24.2 Å². The van der Waals surface area contributed by atoms with E-state index < -0.39 is 7.55 Å². The van der Waals surface area contributed by atoms with Crippen molar-refractivity contribution in [2.24, 2.45) is 0 Å². The summed E-state index contributed by atoms with van der Waals surface area (Å²) in [4.78, 5) is 0. The zero-order valence-corrected chi connectivity index (χ0v) is 13.1. The summed E-state index contributed by atoms with van der Waals surface area (Å²) in [6.07, 6.45) is 2.41. The molecule has 0 aromatic rings. The van der Waals surface area contributed by atoms with Gasteiger partial charge in [0, 0.05) is 0 Å². The van der Waals surface area contributed by atoms with Gasteiger partial charge < -0.3 is 4.57 Å². The quantitative estimate of drug-likeness (QED) is 0.471. The average Bonchev–Trinajstić information content (AvgIpc) is 2.27. The Morgan fingerprint density at radius 3 is 1.47 bits per heavy atom. The fraction of sp³-hybridized carbons (Fsp3) is 1.00. The highest BCUT2D eigenvalue weighted by Gasteiger charge is 2.45. The topological polar surface area (TPSA) is 3.24 Å². The van der Waals surface area contributed by atoms with Gasteiger partial charge in [-0.1, -0.05) is 54.4 Å². The predicted octanol–water partition coefficient (Wildman–Crippen LogP) is 4.61. The van der Waals surface area contributed by atoms with Crippen molar-refractivity contribution < 1.29 is 0 Å². The van der Waals surface area contributed by atoms with Crippen LogP contribution in [-0.2, 0) is 0 Å². The first-order valence-corrected chi connectivity index (χ1v) is 9.54. The molecule has 0 heterocycles. The zero-order chi connectivity index (χ0) is 12.1. The first-order valence-electron chi connectivity index (χ1n) is 6.42. The second-order valence-corrected chi connectivity index (χ2v) is 10.4. The van der Waals surface area contributed by atoms with Crippen LogP contribution in [0, 0.1) is 0 Å². The Hall–Kier alpha value is 0.467. The van der Waals surface area contributed by atoms with Crippen molar-refractivity contribution in [1.29, 1.82) is 0 Å². The average molecular weight is 250 g/mol. The van der Waals surface area contributed by atoms with Gasteiger partial charge in [-0.3, -0.25) is 0 Å². The maximum Gasteiger partial charge on any atom is 0.234 e. The lowest BCUT2D eigenvalue weighted by molar-refractivity contribution is 0.445. The van der Waals surface area contributed by atoms with Gasteiger partial charge in [0.2, 0.25) is 7.55 Å². The molecule has 92 valence electrons. The summed E-state index contributed by atoms with van der Waals surface area (Å²) in [5, 5.41) is 0. The van der Waals surface area contributed by atoms with Crippen LogP contribution < -0.4 is 0 Å². The minimum absolute atomic E-state index is 0.675. The van der Waals surface area contributed by atoms with Crippen molar-refractivity contribution in [2.75, 3.05) is 13.1 Å². The lowest BCUT2D eigenvalue weighted by atomic mass is 10.3. The summed E-state index contributed by atoms with van der Waals surface area (Å²) in [6, 6.07) is 0. The van der Waals surface area contributed by atoms with Gasteiger partial charge in [0.25, 0.3) is 0 Å². The highest BCUT2D eigenvalue weighted by molar-refractivity contribution is 7.20. The van der Waals surface area contributed by atoms with E-state index in [0.717, 1.165) is 13.1 Å². The Kier molecular flexibility index (Phi) is 7.14. The molecule has 0 fully saturated rings. The van der Waals surface area contributed by atoms with Crippen molar-refractivity contribution in [1.82, 2.24) is 4.57 Å². The highest BCUT2D eigenvalue weighted by Crippen LogP contribution is 2.42. The van der Waals surface area contributed by atoms with Crippen molar-refractivity contribution in [3.8, 4) is 0 Å². The van der Waals surface area contributed by atoms with E-state index >= 15 is 0 Å². The molecule has 0 spiro atoms. The third kappa shape index (κ3) is 3.21. The van der Waals surface area contributed by atoms with Crippen LogP contribution in [0.25, 0.3) is 0 Å². The van der Waals surface area contributed by atoms with Crippen LogP contribution >= 0.6 is 11.1 Å². The second-order valence-electron chi connectivity index (χ2n) is 4.52. The summed E-state index contributed by atoms with van der Waals surface area (Å²) >= 11 is 7.07. The molecule has 0 aromatic carbocycles. The Balaban J connectivity index is 4.98. The Morgan fingerprint density at radius 1 is 0.933 bits per heavy atom. The van der Waals surface area contributed by atoms with Crippen LogP contribution in [0.3, 0.4) is 0 Å². The monoisotopic (exact) mass is 249 g/mol. The van der Waals surface area contributed by atoms with Gasteiger partial charge >= 0.3 is 0 Å². The zero-order valence-electron chi connectivity index (χ0n) is 11.3. The van der Waals surface area contributed by atoms with Crippen LogP contribution in [0.4, 0.5) is 0 Å². The molecule has 3 heteroatoms. The number of hydrogen-bond donors (Lipinski definition) is 0. The second kappa shape index (κ2) is 6.92. The van der Waals surface area contributed by atoms with E-state index in [1.54, 1.807) is 0 Å². The molecule has 2 atom stereocenters. The normalized spacial score (nSPS) is 20.0. The number of hydrogen-bond acceptors (Lipinski definition) is 1. The van der Waals surface area contributed by atoms with Crippen molar-refractivity contribution in [2.45, 2.75) is 65.5 Å². The smallest absolute Gasteiger partial charge is 0.234 e. The molecule has 0 rings (SSSR count). The molecule has 0 saturated carbocycles. The molecule has 0 bridgehead atoms. The minimum Gasteiger partial charge on any atom is -0.312 e. The fourth-order valence-corrected chi connectivity index (χ4v) is 8.37. The summed E-state index contributed by atoms with van der Waals surface area (Å²) in [5.41, 5.74) is 1.35. The molecule has 15 heavy (non-hydrogen) atoms. The number of halogens is 1. The first kappa shape index (κ1) is 15.5. The van der Waals surface area contributed by atoms with E-state index in [9.17, 15) is 0 Å². The third-order valence-corrected chi connectivity index (χ3v) is 12.0. The molecule has 0 aromatic heterocycles. The van der Waals surface area contributed by atoms with Gasteiger partial charge in [-0.15, -0.1) is 11.1 Å². The Bertz CT molecular complexity index is 161. The maximum atomic E-state index is 7.07. The van der Waals surface area contributed by atoms with Gasteiger partial charge in [0.05, 0.1) is 0 Å². The third-order valence-electron chi connectivity index (χ3n) is 3.86. The molecule has 0 aliphatic heterocycles. The largest absolute Gasteiger partial charge is 0.312 e. The summed E-state index contributed by atoms with van der Waals surface area (Å²) in [6.45, 7) is 15.9. The van der Waals surface area contributed by atoms with Crippen molar-refractivity contribution in [3.63, 3.8) is 0 Å². The highest BCUT2D eigenvalue weighted by atomic mass is 35.6. The molecule has 2 unspecified atom stereocenters. The Labute approximate surface area is 102 Å². The molecule has 0 radical (unpaired) electrons. The van der Waals surface area contributed by atoms with E-state index in [1.165, 1.54) is 12.8 Å². The van der Waals surface area contributed by atoms with Gasteiger partial charge in [-0.25, -0.2) is 0 Å². The summed E-state index contributed by atoms with van der Waals surface area (Å²) in [7, 11) is -1.78. The van der Waals surface area contributed by atoms with Crippen LogP contribution in [0.1, 0.15) is 54.4 Å². The lowest BCUT2D eigenvalue weighted by Gasteiger charge is -2.44. The van der Waals surface area contributed by atoms with E-state index in [1.807, 2.05) is 0 Å². The standard InChI is InChI=1S/C12H28ClNSi/c1-7-11(5)15(13,12(6)8-2)14(9-3)10-4/h11-12H,7-10H2,1-6H3. The molecule has 0 aliphatic carbocycles. The maximum absolute atomic E-state index is 7.07. The molecular formula is C12H28ClNSi. The number of rotatable bonds is 7. The van der Waals surface area contributed by atoms with Crippen LogP contribution in [0.15, 0.2) is 0 Å². The van der Waals surface area contributed by atoms with Gasteiger partial charge in [-0.2, -0.15) is 0 Å². The lowest BCUT2D eigenvalue weighted by Crippen LogP contribution is -2.54. The SMILES string of the molecule is CCC(C)[Si](Cl)(C(C)CC)N(CC)CC. The Morgan fingerprint density at radius 2 is 1.27 bits per heavy atom. The predicted molar refractivity (Wildman–Crippen MR) is 74.0 cm³/mol. The van der Waals surface area contributed by atoms with E-state index in [-0.39, 0.29) is 0 Å². The van der Waals surface area contributed by atoms with Crippen LogP contribution in [-0.4, -0.2) is 25.2 Å². The van der Waals surface area contributed by atoms with Crippen molar-refractivity contribution in [3.05, 3.63) is 0 Å². The molecular weight excluding hydrogens is 222 g/mol. The van der Waals surface area contributed by atoms with E-state index in [4.69, 9.17) is 11.1 Å². The summed E-state index contributed by atoms with van der Waals surface area (Å²) in [5.74, 6) is 0. The molecule has 0 amide bonds. The van der Waals surface area contributed by atoms with Gasteiger partial charge in [0.1, 0.15) is 0 Å². The van der Waals surface area contributed by atoms with E-state index in [2.05, 4.69) is 46.1 Å². The minimum atomic E-state index is -1.78. The molecule has 0 saturated heterocycles. The van der Waals surface area contributed by atoms with Gasteiger partial charge in [0.15, 0.2) is 0 Å². The summed E-state index contributed by atoms with van der Waals surface area (Å²) < 4.78 is 2.55. The fourth-order valence-electron chi connectivity index (χ4n) is 2.39.